The second-order valence-corrected chi connectivity index (χ2v) is 9.11. The zero-order valence-corrected chi connectivity index (χ0v) is 19.6. The molecule has 3 aromatic heterocycles. The van der Waals surface area contributed by atoms with Gasteiger partial charge in [0, 0.05) is 59.1 Å². The zero-order valence-electron chi connectivity index (χ0n) is 18.0. The highest BCUT2D eigenvalue weighted by molar-refractivity contribution is 9.10. The van der Waals surface area contributed by atoms with E-state index in [4.69, 9.17) is 4.74 Å². The quantitative estimate of drug-likeness (QED) is 0.318. The minimum Gasteiger partial charge on any atom is -0.489 e. The van der Waals surface area contributed by atoms with Gasteiger partial charge in [0.05, 0.1) is 28.0 Å². The van der Waals surface area contributed by atoms with Crippen LogP contribution in [-0.4, -0.2) is 14.5 Å². The molecule has 0 radical (unpaired) electrons. The summed E-state index contributed by atoms with van der Waals surface area (Å²) in [5, 5.41) is 4.10. The van der Waals surface area contributed by atoms with E-state index in [0.29, 0.717) is 29.7 Å². The molecule has 0 atom stereocenters. The topological polar surface area (TPSA) is 69.0 Å². The van der Waals surface area contributed by atoms with Crippen molar-refractivity contribution in [3.8, 4) is 11.4 Å². The molecule has 0 fully saturated rings. The van der Waals surface area contributed by atoms with Crippen LogP contribution in [0.3, 0.4) is 0 Å². The molecule has 0 spiro atoms. The SMILES string of the molecule is O=c1c(Cc2cccnc2)cn2c3c(cc(OCc4cccnc4)cc13)Nc1cc(Br)ccc1-2. The summed E-state index contributed by atoms with van der Waals surface area (Å²) in [7, 11) is 0. The molecule has 34 heavy (non-hydrogen) atoms. The molecule has 6 rings (SSSR count). The van der Waals surface area contributed by atoms with Crippen molar-refractivity contribution >= 4 is 38.2 Å². The number of rotatable bonds is 5. The van der Waals surface area contributed by atoms with E-state index >= 15 is 0 Å². The maximum atomic E-state index is 13.6. The van der Waals surface area contributed by atoms with E-state index in [1.54, 1.807) is 24.8 Å². The molecule has 0 aliphatic carbocycles. The van der Waals surface area contributed by atoms with Crippen molar-refractivity contribution in [1.82, 2.24) is 14.5 Å². The molecule has 0 saturated carbocycles. The first-order valence-corrected chi connectivity index (χ1v) is 11.6. The van der Waals surface area contributed by atoms with Gasteiger partial charge >= 0.3 is 0 Å². The van der Waals surface area contributed by atoms with Crippen molar-refractivity contribution in [1.29, 1.82) is 0 Å². The standard InChI is InChI=1S/C27H19BrN4O2/c28-20-5-6-25-23(10-20)31-24-12-21(34-16-18-4-2-8-30-14-18)11-22-26(24)32(25)15-19(27(22)33)9-17-3-1-7-29-13-17/h1-8,10-15,31H,9,16H2. The van der Waals surface area contributed by atoms with E-state index < -0.39 is 0 Å². The van der Waals surface area contributed by atoms with Gasteiger partial charge in [-0.05, 0) is 42.0 Å². The lowest BCUT2D eigenvalue weighted by Crippen LogP contribution is -2.18. The summed E-state index contributed by atoms with van der Waals surface area (Å²) in [6.45, 7) is 0.366. The van der Waals surface area contributed by atoms with E-state index in [1.165, 1.54) is 0 Å². The molecule has 7 heteroatoms. The number of anilines is 2. The zero-order chi connectivity index (χ0) is 23.1. The van der Waals surface area contributed by atoms with Crippen LogP contribution in [0.2, 0.25) is 0 Å². The van der Waals surface area contributed by atoms with Gasteiger partial charge < -0.3 is 14.6 Å². The summed E-state index contributed by atoms with van der Waals surface area (Å²) in [6.07, 6.45) is 9.48. The Labute approximate surface area is 204 Å². The number of ether oxygens (including phenoxy) is 1. The number of nitrogens with zero attached hydrogens (tertiary/aromatic N) is 3. The van der Waals surface area contributed by atoms with Gasteiger partial charge in [0.2, 0.25) is 0 Å². The summed E-state index contributed by atoms with van der Waals surface area (Å²) in [5.74, 6) is 0.625. The van der Waals surface area contributed by atoms with Crippen LogP contribution in [0.1, 0.15) is 16.7 Å². The first-order valence-electron chi connectivity index (χ1n) is 10.9. The van der Waals surface area contributed by atoms with E-state index in [-0.39, 0.29) is 5.43 Å². The highest BCUT2D eigenvalue weighted by atomic mass is 79.9. The van der Waals surface area contributed by atoms with Gasteiger partial charge in [0.1, 0.15) is 12.4 Å². The molecular weight excluding hydrogens is 492 g/mol. The fourth-order valence-corrected chi connectivity index (χ4v) is 4.68. The number of nitrogens with one attached hydrogen (secondary N) is 1. The first-order chi connectivity index (χ1) is 16.7. The minimum atomic E-state index is -0.00876. The van der Waals surface area contributed by atoms with Crippen molar-refractivity contribution in [3.63, 3.8) is 0 Å². The fraction of sp³-hybridized carbons (Fsp3) is 0.0741. The molecule has 1 N–H and O–H groups in total. The van der Waals surface area contributed by atoms with Crippen molar-refractivity contribution in [2.24, 2.45) is 0 Å². The van der Waals surface area contributed by atoms with E-state index in [0.717, 1.165) is 38.2 Å². The summed E-state index contributed by atoms with van der Waals surface area (Å²) in [6, 6.07) is 17.6. The van der Waals surface area contributed by atoms with Crippen molar-refractivity contribution in [2.45, 2.75) is 13.0 Å². The van der Waals surface area contributed by atoms with Crippen molar-refractivity contribution < 1.29 is 4.74 Å². The third-order valence-corrected chi connectivity index (χ3v) is 6.37. The molecule has 2 aromatic carbocycles. The Morgan fingerprint density at radius 2 is 1.74 bits per heavy atom. The van der Waals surface area contributed by atoms with E-state index in [2.05, 4.69) is 35.8 Å². The smallest absolute Gasteiger partial charge is 0.193 e. The van der Waals surface area contributed by atoms with Gasteiger partial charge in [-0.3, -0.25) is 14.8 Å². The summed E-state index contributed by atoms with van der Waals surface area (Å²) < 4.78 is 9.15. The summed E-state index contributed by atoms with van der Waals surface area (Å²) in [5.41, 5.74) is 6.23. The Bertz CT molecular complexity index is 1580. The second kappa shape index (κ2) is 8.43. The van der Waals surface area contributed by atoms with Gasteiger partial charge in [-0.25, -0.2) is 0 Å². The maximum Gasteiger partial charge on any atom is 0.193 e. The molecule has 4 heterocycles. The van der Waals surface area contributed by atoms with Gasteiger partial charge in [-0.15, -0.1) is 0 Å². The van der Waals surface area contributed by atoms with E-state index in [1.807, 2.05) is 60.8 Å². The monoisotopic (exact) mass is 510 g/mol. The van der Waals surface area contributed by atoms with Crippen LogP contribution in [0.25, 0.3) is 16.6 Å². The maximum absolute atomic E-state index is 13.6. The molecule has 0 bridgehead atoms. The lowest BCUT2D eigenvalue weighted by molar-refractivity contribution is 0.306. The Hall–Kier alpha value is -3.97. The molecule has 1 aliphatic heterocycles. The van der Waals surface area contributed by atoms with E-state index in [9.17, 15) is 4.79 Å². The molecule has 5 aromatic rings. The molecular formula is C27H19BrN4O2. The molecule has 6 nitrogen and oxygen atoms in total. The Morgan fingerprint density at radius 3 is 2.50 bits per heavy atom. The number of fused-ring (bicyclic) bond motifs is 2. The predicted octanol–water partition coefficient (Wildman–Crippen LogP) is 5.77. The fourth-order valence-electron chi connectivity index (χ4n) is 4.32. The van der Waals surface area contributed by atoms with Crippen LogP contribution < -0.4 is 15.5 Å². The van der Waals surface area contributed by atoms with Crippen LogP contribution >= 0.6 is 15.9 Å². The van der Waals surface area contributed by atoms with Crippen molar-refractivity contribution in [3.05, 3.63) is 117 Å². The van der Waals surface area contributed by atoms with Gasteiger partial charge in [0.15, 0.2) is 5.43 Å². The lowest BCUT2D eigenvalue weighted by Gasteiger charge is -2.26. The van der Waals surface area contributed by atoms with Gasteiger partial charge in [0.25, 0.3) is 0 Å². The predicted molar refractivity (Wildman–Crippen MR) is 136 cm³/mol. The molecule has 0 amide bonds. The average Bonchev–Trinajstić information content (AvgIpc) is 2.86. The average molecular weight is 511 g/mol. The van der Waals surface area contributed by atoms with Crippen LogP contribution in [0, 0.1) is 0 Å². The second-order valence-electron chi connectivity index (χ2n) is 8.19. The molecule has 166 valence electrons. The Balaban J connectivity index is 1.52. The first kappa shape index (κ1) is 20.6. The highest BCUT2D eigenvalue weighted by Gasteiger charge is 2.22. The number of halogens is 1. The minimum absolute atomic E-state index is 0.00876. The Kier molecular flexibility index (Phi) is 5.11. The number of benzene rings is 2. The van der Waals surface area contributed by atoms with Crippen molar-refractivity contribution in [2.75, 3.05) is 5.32 Å². The number of hydrogen-bond donors (Lipinski definition) is 1. The third-order valence-electron chi connectivity index (χ3n) is 5.88. The van der Waals surface area contributed by atoms with Crippen LogP contribution in [-0.2, 0) is 13.0 Å². The summed E-state index contributed by atoms with van der Waals surface area (Å²) in [4.78, 5) is 22.0. The Morgan fingerprint density at radius 1 is 0.941 bits per heavy atom. The number of hydrogen-bond acceptors (Lipinski definition) is 5. The molecule has 0 unspecified atom stereocenters. The lowest BCUT2D eigenvalue weighted by atomic mass is 10.0. The van der Waals surface area contributed by atoms with Crippen LogP contribution in [0.4, 0.5) is 11.4 Å². The number of pyridine rings is 3. The van der Waals surface area contributed by atoms with Crippen LogP contribution in [0.15, 0.2) is 94.8 Å². The molecule has 1 aliphatic rings. The van der Waals surface area contributed by atoms with Gasteiger partial charge in [-0.1, -0.05) is 28.1 Å². The highest BCUT2D eigenvalue weighted by Crippen LogP contribution is 2.40. The largest absolute Gasteiger partial charge is 0.489 e. The van der Waals surface area contributed by atoms with Gasteiger partial charge in [-0.2, -0.15) is 0 Å². The number of aromatic nitrogens is 3. The normalized spacial score (nSPS) is 11.7. The van der Waals surface area contributed by atoms with Crippen LogP contribution in [0.5, 0.6) is 5.75 Å². The molecule has 0 saturated heterocycles. The summed E-state index contributed by atoms with van der Waals surface area (Å²) >= 11 is 3.57. The third kappa shape index (κ3) is 3.74.